The number of esters is 1. The lowest BCUT2D eigenvalue weighted by Gasteiger charge is -2.10. The lowest BCUT2D eigenvalue weighted by atomic mass is 10.2. The normalized spacial score (nSPS) is 10.6. The first kappa shape index (κ1) is 25.5. The predicted octanol–water partition coefficient (Wildman–Crippen LogP) is 4.66. The topological polar surface area (TPSA) is 129 Å². The standard InChI is InChI=1S/C23H17Cl2N3O7/c1-33-21-10-14(2-9-20(21)35-23(30)18-8-3-15(24)11-19(18)25)12-26-27-22(29)13-34-17-6-4-16(5-7-17)28(31)32/h2-12H,13H2,1H3,(H,27,29)/b26-12+. The molecule has 0 heterocycles. The van der Waals surface area contributed by atoms with Crippen LogP contribution in [0.1, 0.15) is 15.9 Å². The van der Waals surface area contributed by atoms with Gasteiger partial charge >= 0.3 is 5.97 Å². The zero-order valence-corrected chi connectivity index (χ0v) is 19.6. The molecule has 0 spiro atoms. The van der Waals surface area contributed by atoms with E-state index in [9.17, 15) is 19.7 Å². The predicted molar refractivity (Wildman–Crippen MR) is 129 cm³/mol. The molecule has 0 saturated carbocycles. The number of hydrogen-bond acceptors (Lipinski definition) is 8. The Hall–Kier alpha value is -4.15. The molecule has 3 aromatic carbocycles. The molecular weight excluding hydrogens is 501 g/mol. The van der Waals surface area contributed by atoms with Crippen LogP contribution in [-0.2, 0) is 4.79 Å². The first-order chi connectivity index (χ1) is 16.8. The molecule has 3 rings (SSSR count). The summed E-state index contributed by atoms with van der Waals surface area (Å²) in [6.07, 6.45) is 1.36. The molecule has 0 aromatic heterocycles. The Morgan fingerprint density at radius 1 is 1.06 bits per heavy atom. The minimum absolute atomic E-state index is 0.0867. The largest absolute Gasteiger partial charge is 0.493 e. The van der Waals surface area contributed by atoms with Crippen LogP contribution in [0.4, 0.5) is 5.69 Å². The van der Waals surface area contributed by atoms with Crippen LogP contribution in [0.3, 0.4) is 0 Å². The van der Waals surface area contributed by atoms with Gasteiger partial charge in [0.2, 0.25) is 0 Å². The van der Waals surface area contributed by atoms with Crippen molar-refractivity contribution in [1.29, 1.82) is 0 Å². The zero-order valence-electron chi connectivity index (χ0n) is 18.1. The monoisotopic (exact) mass is 517 g/mol. The summed E-state index contributed by atoms with van der Waals surface area (Å²) < 4.78 is 15.9. The number of amides is 1. The molecule has 180 valence electrons. The molecule has 0 aliphatic heterocycles. The van der Waals surface area contributed by atoms with Gasteiger partial charge in [-0.3, -0.25) is 14.9 Å². The van der Waals surface area contributed by atoms with E-state index >= 15 is 0 Å². The summed E-state index contributed by atoms with van der Waals surface area (Å²) in [6.45, 7) is -0.347. The maximum atomic E-state index is 12.4. The number of rotatable bonds is 9. The summed E-state index contributed by atoms with van der Waals surface area (Å²) >= 11 is 11.9. The van der Waals surface area contributed by atoms with Gasteiger partial charge < -0.3 is 14.2 Å². The van der Waals surface area contributed by atoms with Gasteiger partial charge in [0.05, 0.1) is 28.8 Å². The number of nitro benzene ring substituents is 1. The number of hydrazone groups is 1. The molecule has 0 radical (unpaired) electrons. The molecule has 35 heavy (non-hydrogen) atoms. The minimum Gasteiger partial charge on any atom is -0.493 e. The highest BCUT2D eigenvalue weighted by atomic mass is 35.5. The van der Waals surface area contributed by atoms with Crippen molar-refractivity contribution in [2.45, 2.75) is 0 Å². The number of nitrogens with zero attached hydrogens (tertiary/aromatic N) is 2. The van der Waals surface area contributed by atoms with Crippen molar-refractivity contribution < 1.29 is 28.7 Å². The summed E-state index contributed by atoms with van der Waals surface area (Å²) in [6, 6.07) is 14.4. The van der Waals surface area contributed by atoms with Gasteiger partial charge in [-0.15, -0.1) is 0 Å². The highest BCUT2D eigenvalue weighted by Gasteiger charge is 2.16. The van der Waals surface area contributed by atoms with E-state index < -0.39 is 16.8 Å². The molecular formula is C23H17Cl2N3O7. The zero-order chi connectivity index (χ0) is 25.4. The summed E-state index contributed by atoms with van der Waals surface area (Å²) in [5.41, 5.74) is 2.89. The van der Waals surface area contributed by atoms with Crippen LogP contribution < -0.4 is 19.6 Å². The van der Waals surface area contributed by atoms with E-state index in [0.29, 0.717) is 16.3 Å². The van der Waals surface area contributed by atoms with Crippen LogP contribution in [0.2, 0.25) is 10.0 Å². The molecule has 0 bridgehead atoms. The maximum absolute atomic E-state index is 12.4. The van der Waals surface area contributed by atoms with Crippen molar-refractivity contribution in [3.05, 3.63) is 92.0 Å². The summed E-state index contributed by atoms with van der Waals surface area (Å²) in [4.78, 5) is 34.5. The second-order valence-corrected chi connectivity index (χ2v) is 7.60. The van der Waals surface area contributed by atoms with Crippen molar-refractivity contribution in [2.24, 2.45) is 5.10 Å². The fourth-order valence-electron chi connectivity index (χ4n) is 2.68. The van der Waals surface area contributed by atoms with Gasteiger partial charge in [0.15, 0.2) is 18.1 Å². The second kappa shape index (κ2) is 11.8. The van der Waals surface area contributed by atoms with Gasteiger partial charge in [-0.1, -0.05) is 23.2 Å². The van der Waals surface area contributed by atoms with Crippen molar-refractivity contribution in [3.63, 3.8) is 0 Å². The first-order valence-corrected chi connectivity index (χ1v) is 10.6. The molecule has 0 fully saturated rings. The number of carbonyl (C=O) groups is 2. The number of non-ortho nitro benzene ring substituents is 1. The quantitative estimate of drug-likeness (QED) is 0.143. The highest BCUT2D eigenvalue weighted by molar-refractivity contribution is 6.36. The Kier molecular flexibility index (Phi) is 8.60. The lowest BCUT2D eigenvalue weighted by Crippen LogP contribution is -2.24. The van der Waals surface area contributed by atoms with E-state index in [0.717, 1.165) is 0 Å². The highest BCUT2D eigenvalue weighted by Crippen LogP contribution is 2.30. The SMILES string of the molecule is COc1cc(/C=N/NC(=O)COc2ccc([N+](=O)[O-])cc2)ccc1OC(=O)c1ccc(Cl)cc1Cl. The van der Waals surface area contributed by atoms with Crippen LogP contribution in [-0.4, -0.2) is 36.7 Å². The van der Waals surface area contributed by atoms with Gasteiger partial charge in [0.25, 0.3) is 11.6 Å². The van der Waals surface area contributed by atoms with Crippen molar-refractivity contribution >= 4 is 47.0 Å². The number of methoxy groups -OCH3 is 1. The summed E-state index contributed by atoms with van der Waals surface area (Å²) in [5, 5.41) is 15.0. The van der Waals surface area contributed by atoms with E-state index in [4.69, 9.17) is 37.4 Å². The molecule has 0 saturated heterocycles. The van der Waals surface area contributed by atoms with E-state index in [-0.39, 0.29) is 34.4 Å². The van der Waals surface area contributed by atoms with Crippen molar-refractivity contribution in [1.82, 2.24) is 5.43 Å². The molecule has 12 heteroatoms. The Bertz CT molecular complexity index is 1280. The Morgan fingerprint density at radius 3 is 2.46 bits per heavy atom. The van der Waals surface area contributed by atoms with Gasteiger partial charge in [0.1, 0.15) is 5.75 Å². The Labute approximate surface area is 209 Å². The van der Waals surface area contributed by atoms with Gasteiger partial charge in [-0.05, 0) is 54.1 Å². The average molecular weight is 518 g/mol. The van der Waals surface area contributed by atoms with Crippen molar-refractivity contribution in [3.8, 4) is 17.2 Å². The molecule has 1 amide bonds. The molecule has 0 aliphatic rings. The van der Waals surface area contributed by atoms with Gasteiger partial charge in [0, 0.05) is 17.2 Å². The summed E-state index contributed by atoms with van der Waals surface area (Å²) in [5.74, 6) is -0.533. The molecule has 10 nitrogen and oxygen atoms in total. The number of nitro groups is 1. The molecule has 0 atom stereocenters. The lowest BCUT2D eigenvalue weighted by molar-refractivity contribution is -0.384. The van der Waals surface area contributed by atoms with Crippen LogP contribution in [0.5, 0.6) is 17.2 Å². The third kappa shape index (κ3) is 7.16. The Morgan fingerprint density at radius 2 is 1.80 bits per heavy atom. The van der Waals surface area contributed by atoms with Crippen molar-refractivity contribution in [2.75, 3.05) is 13.7 Å². The van der Waals surface area contributed by atoms with Gasteiger partial charge in [-0.2, -0.15) is 5.10 Å². The third-order valence-corrected chi connectivity index (χ3v) is 4.91. The average Bonchev–Trinajstić information content (AvgIpc) is 2.83. The number of carbonyl (C=O) groups excluding carboxylic acids is 2. The first-order valence-electron chi connectivity index (χ1n) is 9.81. The number of benzene rings is 3. The smallest absolute Gasteiger partial charge is 0.345 e. The van der Waals surface area contributed by atoms with Crippen LogP contribution in [0.25, 0.3) is 0 Å². The van der Waals surface area contributed by atoms with Crippen LogP contribution >= 0.6 is 23.2 Å². The van der Waals surface area contributed by atoms with Crippen LogP contribution in [0.15, 0.2) is 65.8 Å². The number of nitrogens with one attached hydrogen (secondary N) is 1. The number of ether oxygens (including phenoxy) is 3. The maximum Gasteiger partial charge on any atom is 0.345 e. The third-order valence-electron chi connectivity index (χ3n) is 4.36. The van der Waals surface area contributed by atoms with Gasteiger partial charge in [-0.25, -0.2) is 10.2 Å². The molecule has 0 aliphatic carbocycles. The summed E-state index contributed by atoms with van der Waals surface area (Å²) in [7, 11) is 1.40. The van der Waals surface area contributed by atoms with E-state index in [1.54, 1.807) is 12.1 Å². The molecule has 3 aromatic rings. The van der Waals surface area contributed by atoms with E-state index in [1.807, 2.05) is 0 Å². The van der Waals surface area contributed by atoms with Crippen LogP contribution in [0, 0.1) is 10.1 Å². The number of hydrogen-bond donors (Lipinski definition) is 1. The molecule has 1 N–H and O–H groups in total. The van der Waals surface area contributed by atoms with E-state index in [2.05, 4.69) is 10.5 Å². The fraction of sp³-hybridized carbons (Fsp3) is 0.0870. The second-order valence-electron chi connectivity index (χ2n) is 6.76. The number of halogens is 2. The molecule has 0 unspecified atom stereocenters. The minimum atomic E-state index is -0.688. The van der Waals surface area contributed by atoms with E-state index in [1.165, 1.54) is 61.9 Å². The fourth-order valence-corrected chi connectivity index (χ4v) is 3.17. The Balaban J connectivity index is 1.56.